The normalized spacial score (nSPS) is 15.8. The number of aliphatic hydroxyl groups is 1. The lowest BCUT2D eigenvalue weighted by Gasteiger charge is -2.24. The molecule has 1 aliphatic rings. The van der Waals surface area contributed by atoms with Gasteiger partial charge in [-0.25, -0.2) is 14.2 Å². The van der Waals surface area contributed by atoms with E-state index in [1.54, 1.807) is 30.5 Å². The number of nitrogens with zero attached hydrogens (tertiary/aromatic N) is 2. The molecule has 1 aliphatic heterocycles. The molecule has 0 saturated heterocycles. The average Bonchev–Trinajstić information content (AvgIpc) is 3.52. The Hall–Kier alpha value is -3.63. The lowest BCUT2D eigenvalue weighted by molar-refractivity contribution is -0.117. The summed E-state index contributed by atoms with van der Waals surface area (Å²) in [7, 11) is 0. The van der Waals surface area contributed by atoms with Crippen LogP contribution in [0.1, 0.15) is 36.6 Å². The van der Waals surface area contributed by atoms with E-state index in [0.717, 1.165) is 27.6 Å². The highest BCUT2D eigenvalue weighted by Crippen LogP contribution is 2.44. The zero-order valence-electron chi connectivity index (χ0n) is 17.3. The van der Waals surface area contributed by atoms with E-state index < -0.39 is 35.3 Å². The molecule has 7 nitrogen and oxygen atoms in total. The molecule has 3 heterocycles. The fourth-order valence-corrected chi connectivity index (χ4v) is 5.11. The number of thiophene rings is 1. The minimum Gasteiger partial charge on any atom is -0.503 e. The number of hydrogen-bond acceptors (Lipinski definition) is 8. The van der Waals surface area contributed by atoms with E-state index in [1.165, 1.54) is 24.3 Å². The molecule has 0 bridgehead atoms. The van der Waals surface area contributed by atoms with Crippen molar-refractivity contribution in [3.8, 4) is 0 Å². The van der Waals surface area contributed by atoms with Crippen LogP contribution in [-0.2, 0) is 9.53 Å². The van der Waals surface area contributed by atoms with Crippen molar-refractivity contribution < 1.29 is 28.6 Å². The molecule has 0 spiro atoms. The van der Waals surface area contributed by atoms with Gasteiger partial charge in [0, 0.05) is 5.56 Å². The monoisotopic (exact) mass is 484 g/mol. The Kier molecular flexibility index (Phi) is 6.21. The van der Waals surface area contributed by atoms with Crippen molar-refractivity contribution in [3.63, 3.8) is 0 Å². The van der Waals surface area contributed by atoms with Crippen molar-refractivity contribution in [1.82, 2.24) is 4.98 Å². The van der Waals surface area contributed by atoms with Gasteiger partial charge in [0.05, 0.1) is 16.1 Å². The summed E-state index contributed by atoms with van der Waals surface area (Å²) in [6.07, 6.45) is 1.41. The number of amides is 1. The number of carbonyl (C=O) groups excluding carboxylic acids is 3. The average molecular weight is 485 g/mol. The first-order valence-electron chi connectivity index (χ1n) is 9.70. The lowest BCUT2D eigenvalue weighted by atomic mass is 9.95. The number of anilines is 1. The van der Waals surface area contributed by atoms with Crippen LogP contribution in [0.15, 0.2) is 65.8 Å². The Morgan fingerprint density at radius 2 is 2.06 bits per heavy atom. The van der Waals surface area contributed by atoms with Crippen LogP contribution < -0.4 is 4.90 Å². The summed E-state index contributed by atoms with van der Waals surface area (Å²) in [5, 5.41) is 12.4. The summed E-state index contributed by atoms with van der Waals surface area (Å²) in [5.74, 6) is -3.61. The van der Waals surface area contributed by atoms with Gasteiger partial charge in [0.1, 0.15) is 23.3 Å². The zero-order chi connectivity index (χ0) is 23.7. The van der Waals surface area contributed by atoms with Crippen molar-refractivity contribution in [2.45, 2.75) is 13.0 Å². The molecular weight excluding hydrogens is 467 g/mol. The van der Waals surface area contributed by atoms with E-state index in [9.17, 15) is 23.9 Å². The molecule has 1 aromatic carbocycles. The van der Waals surface area contributed by atoms with Crippen molar-refractivity contribution in [2.75, 3.05) is 11.5 Å². The van der Waals surface area contributed by atoms with Gasteiger partial charge in [0.2, 0.25) is 5.78 Å². The van der Waals surface area contributed by atoms with Gasteiger partial charge in [0.25, 0.3) is 5.91 Å². The quantitative estimate of drug-likeness (QED) is 0.295. The van der Waals surface area contributed by atoms with Crippen LogP contribution in [0.5, 0.6) is 0 Å². The van der Waals surface area contributed by atoms with E-state index in [-0.39, 0.29) is 32.6 Å². The SMILES string of the molecule is C=CCOC(=O)c1sc(N2C(=O)C(O)=C(C(=O)c3cccs3)C2c2ccccc2F)nc1C. The van der Waals surface area contributed by atoms with Crippen molar-refractivity contribution >= 4 is 45.5 Å². The van der Waals surface area contributed by atoms with Crippen molar-refractivity contribution in [1.29, 1.82) is 0 Å². The van der Waals surface area contributed by atoms with E-state index >= 15 is 0 Å². The van der Waals surface area contributed by atoms with Crippen molar-refractivity contribution in [2.24, 2.45) is 0 Å². The minimum absolute atomic E-state index is 0.00614. The van der Waals surface area contributed by atoms with E-state index in [4.69, 9.17) is 4.74 Å². The van der Waals surface area contributed by atoms with Gasteiger partial charge < -0.3 is 9.84 Å². The van der Waals surface area contributed by atoms with Crippen molar-refractivity contribution in [3.05, 3.63) is 92.6 Å². The Morgan fingerprint density at radius 1 is 1.30 bits per heavy atom. The lowest BCUT2D eigenvalue weighted by Crippen LogP contribution is -2.31. The third-order valence-corrected chi connectivity index (χ3v) is 6.91. The van der Waals surface area contributed by atoms with Crippen LogP contribution in [0.3, 0.4) is 0 Å². The molecule has 4 rings (SSSR count). The van der Waals surface area contributed by atoms with E-state index in [2.05, 4.69) is 11.6 Å². The largest absolute Gasteiger partial charge is 0.503 e. The number of thiazole rings is 1. The number of ketones is 1. The summed E-state index contributed by atoms with van der Waals surface area (Å²) in [6.45, 7) is 5.05. The second-order valence-corrected chi connectivity index (χ2v) is 8.89. The van der Waals surface area contributed by atoms with Gasteiger partial charge >= 0.3 is 5.97 Å². The molecule has 10 heteroatoms. The maximum atomic E-state index is 14.9. The fraction of sp³-hybridized carbons (Fsp3) is 0.130. The molecule has 168 valence electrons. The number of benzene rings is 1. The first-order valence-corrected chi connectivity index (χ1v) is 11.4. The number of aryl methyl sites for hydroxylation is 1. The number of esters is 1. The van der Waals surface area contributed by atoms with Crippen LogP contribution >= 0.6 is 22.7 Å². The molecule has 0 aliphatic carbocycles. The summed E-state index contributed by atoms with van der Waals surface area (Å²) in [5.41, 5.74) is 0.0521. The maximum Gasteiger partial charge on any atom is 0.350 e. The Labute approximate surface area is 196 Å². The molecule has 1 unspecified atom stereocenters. The van der Waals surface area contributed by atoms with Gasteiger partial charge in [-0.05, 0) is 24.4 Å². The summed E-state index contributed by atoms with van der Waals surface area (Å²) < 4.78 is 19.9. The maximum absolute atomic E-state index is 14.9. The number of aliphatic hydroxyl groups excluding tert-OH is 1. The van der Waals surface area contributed by atoms with Crippen LogP contribution in [-0.4, -0.2) is 34.4 Å². The van der Waals surface area contributed by atoms with E-state index in [1.807, 2.05) is 0 Å². The molecular formula is C23H17FN2O5S2. The van der Waals surface area contributed by atoms with Crippen LogP contribution in [0.25, 0.3) is 0 Å². The molecule has 33 heavy (non-hydrogen) atoms. The van der Waals surface area contributed by atoms with Crippen LogP contribution in [0.4, 0.5) is 9.52 Å². The number of hydrogen-bond donors (Lipinski definition) is 1. The highest BCUT2D eigenvalue weighted by molar-refractivity contribution is 7.17. The first kappa shape index (κ1) is 22.6. The standard InChI is InChI=1S/C23H17FN2O5S2/c1-3-10-31-22(30)20-12(2)25-23(33-20)26-17(13-7-4-5-8-14(13)24)16(19(28)21(26)29)18(27)15-9-6-11-32-15/h3-9,11,17,28H,1,10H2,2H3. The molecule has 0 radical (unpaired) electrons. The summed E-state index contributed by atoms with van der Waals surface area (Å²) in [4.78, 5) is 44.5. The molecule has 3 aromatic rings. The predicted octanol–water partition coefficient (Wildman–Crippen LogP) is 4.78. The number of aromatic nitrogens is 1. The Morgan fingerprint density at radius 3 is 2.73 bits per heavy atom. The Balaban J connectivity index is 1.84. The highest BCUT2D eigenvalue weighted by Gasteiger charge is 2.47. The molecule has 1 N–H and O–H groups in total. The molecule has 0 fully saturated rings. The summed E-state index contributed by atoms with van der Waals surface area (Å²) >= 11 is 1.99. The minimum atomic E-state index is -1.27. The predicted molar refractivity (Wildman–Crippen MR) is 122 cm³/mol. The number of carbonyl (C=O) groups is 3. The van der Waals surface area contributed by atoms with Gasteiger partial charge in [-0.15, -0.1) is 11.3 Å². The topological polar surface area (TPSA) is 96.8 Å². The van der Waals surface area contributed by atoms with Crippen LogP contribution in [0, 0.1) is 12.7 Å². The molecule has 1 amide bonds. The van der Waals surface area contributed by atoms with E-state index in [0.29, 0.717) is 5.69 Å². The van der Waals surface area contributed by atoms with Gasteiger partial charge in [-0.2, -0.15) is 0 Å². The number of ether oxygens (including phenoxy) is 1. The van der Waals surface area contributed by atoms with Crippen LogP contribution in [0.2, 0.25) is 0 Å². The smallest absolute Gasteiger partial charge is 0.350 e. The second kappa shape index (κ2) is 9.08. The zero-order valence-corrected chi connectivity index (χ0v) is 18.9. The van der Waals surface area contributed by atoms with Gasteiger partial charge in [-0.1, -0.05) is 48.3 Å². The van der Waals surface area contributed by atoms with Gasteiger partial charge in [-0.3, -0.25) is 14.5 Å². The first-order chi connectivity index (χ1) is 15.8. The summed E-state index contributed by atoms with van der Waals surface area (Å²) in [6, 6.07) is 7.62. The third kappa shape index (κ3) is 3.98. The fourth-order valence-electron chi connectivity index (χ4n) is 3.44. The number of Topliss-reactive ketones (excluding diaryl/α,β-unsaturated/α-hetero) is 1. The third-order valence-electron chi connectivity index (χ3n) is 4.91. The number of halogens is 1. The molecule has 1 atom stereocenters. The highest BCUT2D eigenvalue weighted by atomic mass is 32.1. The van der Waals surface area contributed by atoms with Gasteiger partial charge in [0.15, 0.2) is 10.9 Å². The molecule has 2 aromatic heterocycles. The second-order valence-electron chi connectivity index (χ2n) is 6.97. The Bertz CT molecular complexity index is 1300. The number of rotatable bonds is 7. The molecule has 0 saturated carbocycles.